The lowest BCUT2D eigenvalue weighted by Crippen LogP contribution is -2.45. The van der Waals surface area contributed by atoms with Gasteiger partial charge in [0.05, 0.1) is 12.1 Å². The van der Waals surface area contributed by atoms with E-state index in [-0.39, 0.29) is 24.3 Å². The minimum atomic E-state index is -4.44. The van der Waals surface area contributed by atoms with Gasteiger partial charge in [-0.1, -0.05) is 42.5 Å². The molecular formula is C20H16FN3O4S. The molecule has 0 radical (unpaired) electrons. The Morgan fingerprint density at radius 3 is 2.31 bits per heavy atom. The minimum Gasteiger partial charge on any atom is -0.366 e. The van der Waals surface area contributed by atoms with Gasteiger partial charge in [-0.15, -0.1) is 0 Å². The molecule has 0 saturated heterocycles. The van der Waals surface area contributed by atoms with E-state index in [1.807, 2.05) is 6.07 Å². The van der Waals surface area contributed by atoms with Crippen molar-refractivity contribution in [1.82, 2.24) is 8.87 Å². The number of nitrogens with two attached hydrogens (primary N) is 1. The van der Waals surface area contributed by atoms with Gasteiger partial charge in [0.1, 0.15) is 16.4 Å². The van der Waals surface area contributed by atoms with E-state index in [0.717, 1.165) is 17.7 Å². The quantitative estimate of drug-likeness (QED) is 0.709. The number of sulfonamides is 1. The fraction of sp³-hybridized carbons (Fsp3) is 0.100. The first-order valence-electron chi connectivity index (χ1n) is 8.72. The molecule has 1 aromatic heterocycles. The zero-order valence-electron chi connectivity index (χ0n) is 15.1. The molecule has 0 saturated carbocycles. The van der Waals surface area contributed by atoms with Gasteiger partial charge >= 0.3 is 0 Å². The number of carbonyl (C=O) groups is 2. The van der Waals surface area contributed by atoms with Crippen LogP contribution in [0.1, 0.15) is 20.8 Å². The summed E-state index contributed by atoms with van der Waals surface area (Å²) >= 11 is 0. The molecule has 2 amide bonds. The minimum absolute atomic E-state index is 0.0812. The number of benzene rings is 2. The predicted molar refractivity (Wildman–Crippen MR) is 103 cm³/mol. The summed E-state index contributed by atoms with van der Waals surface area (Å²) in [5.41, 5.74) is 6.57. The highest BCUT2D eigenvalue weighted by molar-refractivity contribution is 7.89. The van der Waals surface area contributed by atoms with Gasteiger partial charge in [0, 0.05) is 12.2 Å². The molecule has 4 rings (SSSR count). The van der Waals surface area contributed by atoms with Gasteiger partial charge in [0.25, 0.3) is 21.8 Å². The topological polar surface area (TPSA) is 102 Å². The average Bonchev–Trinajstić information content (AvgIpc) is 3.10. The lowest BCUT2D eigenvalue weighted by Gasteiger charge is -2.29. The summed E-state index contributed by atoms with van der Waals surface area (Å²) in [6.45, 7) is -0.0958. The van der Waals surface area contributed by atoms with Crippen LogP contribution in [0.2, 0.25) is 0 Å². The van der Waals surface area contributed by atoms with E-state index in [1.54, 1.807) is 28.8 Å². The molecule has 0 bridgehead atoms. The van der Waals surface area contributed by atoms with E-state index in [9.17, 15) is 22.4 Å². The van der Waals surface area contributed by atoms with Gasteiger partial charge in [0.15, 0.2) is 0 Å². The van der Waals surface area contributed by atoms with Crippen molar-refractivity contribution in [1.29, 1.82) is 0 Å². The van der Waals surface area contributed by atoms with Gasteiger partial charge in [0.2, 0.25) is 0 Å². The number of fused-ring (bicyclic) bond motifs is 1. The summed E-state index contributed by atoms with van der Waals surface area (Å²) in [6, 6.07) is 15.3. The van der Waals surface area contributed by atoms with Crippen molar-refractivity contribution >= 4 is 21.8 Å². The Hall–Kier alpha value is -3.46. The Morgan fingerprint density at radius 2 is 1.66 bits per heavy atom. The van der Waals surface area contributed by atoms with E-state index < -0.39 is 32.6 Å². The molecular weight excluding hydrogens is 397 g/mol. The Kier molecular flexibility index (Phi) is 4.46. The second-order valence-corrected chi connectivity index (χ2v) is 8.32. The molecule has 1 aliphatic heterocycles. The average molecular weight is 413 g/mol. The monoisotopic (exact) mass is 413 g/mol. The number of hydrogen-bond donors (Lipinski definition) is 1. The molecule has 2 heterocycles. The van der Waals surface area contributed by atoms with Crippen LogP contribution >= 0.6 is 0 Å². The first kappa shape index (κ1) is 18.9. The number of nitrogens with zero attached hydrogens (tertiary/aromatic N) is 2. The maximum absolute atomic E-state index is 14.1. The summed E-state index contributed by atoms with van der Waals surface area (Å²) < 4.78 is 42.1. The zero-order chi connectivity index (χ0) is 20.8. The largest absolute Gasteiger partial charge is 0.366 e. The highest BCUT2D eigenvalue weighted by atomic mass is 32.2. The van der Waals surface area contributed by atoms with Gasteiger partial charge in [-0.2, -0.15) is 0 Å². The van der Waals surface area contributed by atoms with E-state index in [0.29, 0.717) is 10.00 Å². The van der Waals surface area contributed by atoms with E-state index in [4.69, 9.17) is 5.73 Å². The number of hydrogen-bond acceptors (Lipinski definition) is 4. The van der Waals surface area contributed by atoms with Crippen LogP contribution in [0.3, 0.4) is 0 Å². The third kappa shape index (κ3) is 2.99. The first-order chi connectivity index (χ1) is 13.8. The molecule has 1 aliphatic rings. The van der Waals surface area contributed by atoms with Gasteiger partial charge in [-0.05, 0) is 23.8 Å². The number of carbonyl (C=O) groups excluding carboxylic acids is 2. The van der Waals surface area contributed by atoms with Crippen molar-refractivity contribution < 1.29 is 22.4 Å². The molecule has 7 nitrogen and oxygen atoms in total. The van der Waals surface area contributed by atoms with E-state index in [2.05, 4.69) is 0 Å². The van der Waals surface area contributed by atoms with Gasteiger partial charge in [-0.3, -0.25) is 9.59 Å². The second-order valence-electron chi connectivity index (χ2n) is 6.49. The number of aromatic nitrogens is 1. The fourth-order valence-electron chi connectivity index (χ4n) is 3.46. The van der Waals surface area contributed by atoms with Gasteiger partial charge < -0.3 is 10.3 Å². The molecule has 29 heavy (non-hydrogen) atoms. The van der Waals surface area contributed by atoms with Crippen molar-refractivity contribution in [2.24, 2.45) is 5.73 Å². The van der Waals surface area contributed by atoms with Crippen molar-refractivity contribution in [2.45, 2.75) is 11.4 Å². The molecule has 9 heteroatoms. The molecule has 2 aromatic carbocycles. The number of halogens is 1. The molecule has 0 aliphatic carbocycles. The highest BCUT2D eigenvalue weighted by Gasteiger charge is 2.39. The van der Waals surface area contributed by atoms with Crippen LogP contribution in [0.15, 0.2) is 65.6 Å². The second kappa shape index (κ2) is 6.85. The molecule has 0 unspecified atom stereocenters. The maximum Gasteiger partial charge on any atom is 0.285 e. The zero-order valence-corrected chi connectivity index (χ0v) is 15.9. The Morgan fingerprint density at radius 1 is 1.00 bits per heavy atom. The Bertz CT molecular complexity index is 1240. The lowest BCUT2D eigenvalue weighted by molar-refractivity contribution is 0.0816. The van der Waals surface area contributed by atoms with Crippen LogP contribution in [-0.2, 0) is 16.6 Å². The predicted octanol–water partition coefficient (Wildman–Crippen LogP) is 2.24. The Labute approximate surface area is 166 Å². The first-order valence-corrected chi connectivity index (χ1v) is 10.2. The lowest BCUT2D eigenvalue weighted by atomic mass is 10.1. The molecule has 0 fully saturated rings. The standard InChI is InChI=1S/C20H16FN3O4S/c21-15-8-4-5-9-17(15)29(27,28)24-11-10-23-16(13-6-2-1-3-7-13)12-14(19(22)25)18(23)20(24)26/h1-9,12H,10-11H2,(H2,22,25). The van der Waals surface area contributed by atoms with Crippen LogP contribution in [0.25, 0.3) is 11.3 Å². The molecule has 3 aromatic rings. The van der Waals surface area contributed by atoms with E-state index >= 15 is 0 Å². The summed E-state index contributed by atoms with van der Waals surface area (Å²) in [6.07, 6.45) is 0. The summed E-state index contributed by atoms with van der Waals surface area (Å²) in [5.74, 6) is -2.73. The van der Waals surface area contributed by atoms with Crippen LogP contribution in [-0.4, -0.2) is 35.6 Å². The van der Waals surface area contributed by atoms with Crippen molar-refractivity contribution in [3.05, 3.63) is 77.7 Å². The summed E-state index contributed by atoms with van der Waals surface area (Å²) in [4.78, 5) is 24.5. The number of primary amides is 1. The van der Waals surface area contributed by atoms with Crippen molar-refractivity contribution in [2.75, 3.05) is 6.54 Å². The molecule has 0 atom stereocenters. The number of rotatable bonds is 4. The summed E-state index contributed by atoms with van der Waals surface area (Å²) in [5, 5.41) is 0. The third-order valence-electron chi connectivity index (χ3n) is 4.79. The highest BCUT2D eigenvalue weighted by Crippen LogP contribution is 2.31. The Balaban J connectivity index is 1.85. The van der Waals surface area contributed by atoms with Crippen molar-refractivity contribution in [3.63, 3.8) is 0 Å². The fourth-order valence-corrected chi connectivity index (χ4v) is 4.89. The van der Waals surface area contributed by atoms with Crippen LogP contribution in [0.5, 0.6) is 0 Å². The maximum atomic E-state index is 14.1. The molecule has 0 spiro atoms. The number of amides is 2. The SMILES string of the molecule is NC(=O)c1cc(-c2ccccc2)n2c1C(=O)N(S(=O)(=O)c1ccccc1F)CC2. The van der Waals surface area contributed by atoms with Crippen molar-refractivity contribution in [3.8, 4) is 11.3 Å². The molecule has 2 N–H and O–H groups in total. The van der Waals surface area contributed by atoms with Crippen LogP contribution < -0.4 is 5.73 Å². The van der Waals surface area contributed by atoms with Crippen LogP contribution in [0.4, 0.5) is 4.39 Å². The summed E-state index contributed by atoms with van der Waals surface area (Å²) in [7, 11) is -4.44. The third-order valence-corrected chi connectivity index (χ3v) is 6.61. The smallest absolute Gasteiger partial charge is 0.285 e. The van der Waals surface area contributed by atoms with Gasteiger partial charge in [-0.25, -0.2) is 17.1 Å². The molecule has 148 valence electrons. The van der Waals surface area contributed by atoms with E-state index in [1.165, 1.54) is 18.2 Å². The normalized spacial score (nSPS) is 14.0. The van der Waals surface area contributed by atoms with Crippen LogP contribution in [0, 0.1) is 5.82 Å².